The Morgan fingerprint density at radius 3 is 2.33 bits per heavy atom. The third-order valence-electron chi connectivity index (χ3n) is 2.40. The molecule has 0 fully saturated rings. The Kier molecular flexibility index (Phi) is 7.59. The summed E-state index contributed by atoms with van der Waals surface area (Å²) in [5.41, 5.74) is 4.12. The van der Waals surface area contributed by atoms with Gasteiger partial charge in [-0.25, -0.2) is 0 Å². The van der Waals surface area contributed by atoms with Crippen molar-refractivity contribution in [3.8, 4) is 0 Å². The van der Waals surface area contributed by atoms with E-state index in [-0.39, 0.29) is 0 Å². The highest BCUT2D eigenvalue weighted by molar-refractivity contribution is 7.80. The lowest BCUT2D eigenvalue weighted by Crippen LogP contribution is -1.96. The van der Waals surface area contributed by atoms with Gasteiger partial charge in [0.2, 0.25) is 0 Å². The van der Waals surface area contributed by atoms with E-state index < -0.39 is 0 Å². The molecule has 0 atom stereocenters. The SMILES string of the molecule is C=C/C(=C(\C=C(/C)CS)CCC)C(C)C. The first-order chi connectivity index (χ1) is 7.06. The highest BCUT2D eigenvalue weighted by Crippen LogP contribution is 2.22. The van der Waals surface area contributed by atoms with Gasteiger partial charge in [-0.2, -0.15) is 12.6 Å². The fourth-order valence-electron chi connectivity index (χ4n) is 1.65. The number of thiol groups is 1. The molecule has 86 valence electrons. The highest BCUT2D eigenvalue weighted by atomic mass is 32.1. The van der Waals surface area contributed by atoms with Gasteiger partial charge in [0.15, 0.2) is 0 Å². The molecule has 0 saturated carbocycles. The molecule has 15 heavy (non-hydrogen) atoms. The number of rotatable bonds is 6. The number of hydrogen-bond donors (Lipinski definition) is 1. The van der Waals surface area contributed by atoms with Crippen LogP contribution in [0.2, 0.25) is 0 Å². The molecule has 0 aromatic carbocycles. The van der Waals surface area contributed by atoms with Crippen LogP contribution in [-0.2, 0) is 0 Å². The predicted octanol–water partition coefficient (Wildman–Crippen LogP) is 4.80. The van der Waals surface area contributed by atoms with Crippen molar-refractivity contribution in [2.45, 2.75) is 40.5 Å². The minimum absolute atomic E-state index is 0.549. The quantitative estimate of drug-likeness (QED) is 0.486. The summed E-state index contributed by atoms with van der Waals surface area (Å²) in [7, 11) is 0. The second-order valence-electron chi connectivity index (χ2n) is 4.24. The van der Waals surface area contributed by atoms with Crippen molar-refractivity contribution < 1.29 is 0 Å². The third kappa shape index (κ3) is 5.27. The van der Waals surface area contributed by atoms with Crippen LogP contribution in [0.25, 0.3) is 0 Å². The van der Waals surface area contributed by atoms with Crippen LogP contribution in [0.15, 0.2) is 35.5 Å². The average Bonchev–Trinajstić information content (AvgIpc) is 2.18. The van der Waals surface area contributed by atoms with Gasteiger partial charge in [0.25, 0.3) is 0 Å². The molecule has 0 aromatic heterocycles. The molecule has 0 rings (SSSR count). The van der Waals surface area contributed by atoms with E-state index in [2.05, 4.69) is 53.0 Å². The van der Waals surface area contributed by atoms with Crippen molar-refractivity contribution in [2.75, 3.05) is 5.75 Å². The normalized spacial score (nSPS) is 14.1. The summed E-state index contributed by atoms with van der Waals surface area (Å²) in [6, 6.07) is 0. The summed E-state index contributed by atoms with van der Waals surface area (Å²) < 4.78 is 0. The topological polar surface area (TPSA) is 0 Å². The second kappa shape index (κ2) is 7.81. The summed E-state index contributed by atoms with van der Waals surface area (Å²) >= 11 is 4.29. The largest absolute Gasteiger partial charge is 0.175 e. The maximum Gasteiger partial charge on any atom is 0.0113 e. The van der Waals surface area contributed by atoms with Gasteiger partial charge in [-0.1, -0.05) is 51.5 Å². The van der Waals surface area contributed by atoms with Gasteiger partial charge in [-0.15, -0.1) is 0 Å². The van der Waals surface area contributed by atoms with Gasteiger partial charge < -0.3 is 0 Å². The maximum absolute atomic E-state index is 4.29. The monoisotopic (exact) mass is 224 g/mol. The molecule has 0 N–H and O–H groups in total. The molecule has 0 unspecified atom stereocenters. The fraction of sp³-hybridized carbons (Fsp3) is 0.571. The van der Waals surface area contributed by atoms with Crippen molar-refractivity contribution in [3.05, 3.63) is 35.5 Å². The van der Waals surface area contributed by atoms with Gasteiger partial charge in [0.1, 0.15) is 0 Å². The van der Waals surface area contributed by atoms with E-state index in [1.807, 2.05) is 6.08 Å². The van der Waals surface area contributed by atoms with Gasteiger partial charge >= 0.3 is 0 Å². The van der Waals surface area contributed by atoms with Crippen LogP contribution in [0.5, 0.6) is 0 Å². The first kappa shape index (κ1) is 14.6. The fourth-order valence-corrected chi connectivity index (χ4v) is 1.74. The van der Waals surface area contributed by atoms with Gasteiger partial charge in [0.05, 0.1) is 0 Å². The predicted molar refractivity (Wildman–Crippen MR) is 74.6 cm³/mol. The highest BCUT2D eigenvalue weighted by Gasteiger charge is 2.05. The zero-order valence-electron chi connectivity index (χ0n) is 10.5. The first-order valence-corrected chi connectivity index (χ1v) is 6.33. The van der Waals surface area contributed by atoms with E-state index in [0.29, 0.717) is 5.92 Å². The molecule has 0 aliphatic rings. The molecule has 0 spiro atoms. The molecule has 0 nitrogen and oxygen atoms in total. The molecular formula is C14H24S. The summed E-state index contributed by atoms with van der Waals surface area (Å²) in [6.07, 6.45) is 6.58. The maximum atomic E-state index is 4.29. The van der Waals surface area contributed by atoms with E-state index in [1.165, 1.54) is 23.1 Å². The summed E-state index contributed by atoms with van der Waals surface area (Å²) in [5.74, 6) is 1.38. The lowest BCUT2D eigenvalue weighted by Gasteiger charge is -2.13. The molecule has 0 aliphatic carbocycles. The lowest BCUT2D eigenvalue weighted by atomic mass is 9.93. The molecule has 0 heterocycles. The third-order valence-corrected chi connectivity index (χ3v) is 2.90. The molecule has 1 heteroatoms. The van der Waals surface area contributed by atoms with Crippen molar-refractivity contribution in [3.63, 3.8) is 0 Å². The van der Waals surface area contributed by atoms with Crippen molar-refractivity contribution >= 4 is 12.6 Å². The average molecular weight is 224 g/mol. The first-order valence-electron chi connectivity index (χ1n) is 5.70. The van der Waals surface area contributed by atoms with E-state index in [1.54, 1.807) is 0 Å². The minimum atomic E-state index is 0.549. The number of hydrogen-bond acceptors (Lipinski definition) is 1. The van der Waals surface area contributed by atoms with Gasteiger partial charge in [-0.05, 0) is 30.4 Å². The molecule has 0 bridgehead atoms. The van der Waals surface area contributed by atoms with E-state index >= 15 is 0 Å². The Morgan fingerprint density at radius 1 is 1.40 bits per heavy atom. The van der Waals surface area contributed by atoms with E-state index in [0.717, 1.165) is 12.2 Å². The van der Waals surface area contributed by atoms with Crippen LogP contribution >= 0.6 is 12.6 Å². The van der Waals surface area contributed by atoms with Gasteiger partial charge in [0, 0.05) is 5.75 Å². The van der Waals surface area contributed by atoms with Crippen LogP contribution < -0.4 is 0 Å². The summed E-state index contributed by atoms with van der Waals surface area (Å²) in [4.78, 5) is 0. The summed E-state index contributed by atoms with van der Waals surface area (Å²) in [5, 5.41) is 0. The number of allylic oxidation sites excluding steroid dienone is 4. The lowest BCUT2D eigenvalue weighted by molar-refractivity contribution is 0.767. The van der Waals surface area contributed by atoms with E-state index in [4.69, 9.17) is 0 Å². The zero-order chi connectivity index (χ0) is 11.8. The van der Waals surface area contributed by atoms with Crippen molar-refractivity contribution in [1.29, 1.82) is 0 Å². The van der Waals surface area contributed by atoms with Crippen molar-refractivity contribution in [2.24, 2.45) is 5.92 Å². The Hall–Kier alpha value is -0.430. The molecular weight excluding hydrogens is 200 g/mol. The van der Waals surface area contributed by atoms with Crippen LogP contribution in [-0.4, -0.2) is 5.75 Å². The van der Waals surface area contributed by atoms with Crippen LogP contribution in [0.4, 0.5) is 0 Å². The Labute approximate surface area is 101 Å². The van der Waals surface area contributed by atoms with Crippen LogP contribution in [0.3, 0.4) is 0 Å². The standard InChI is InChI=1S/C14H24S/c1-6-8-13(9-12(5)10-15)14(7-2)11(3)4/h7,9,11,15H,2,6,8,10H2,1,3-5H3/b12-9+,14-13+. The molecule has 0 radical (unpaired) electrons. The summed E-state index contributed by atoms with van der Waals surface area (Å²) in [6.45, 7) is 12.7. The Morgan fingerprint density at radius 2 is 2.00 bits per heavy atom. The van der Waals surface area contributed by atoms with Crippen LogP contribution in [0, 0.1) is 5.92 Å². The Bertz CT molecular complexity index is 257. The second-order valence-corrected chi connectivity index (χ2v) is 4.55. The van der Waals surface area contributed by atoms with Gasteiger partial charge in [-0.3, -0.25) is 0 Å². The van der Waals surface area contributed by atoms with Crippen molar-refractivity contribution in [1.82, 2.24) is 0 Å². The Balaban J connectivity index is 5.14. The molecule has 0 amide bonds. The van der Waals surface area contributed by atoms with E-state index in [9.17, 15) is 0 Å². The zero-order valence-corrected chi connectivity index (χ0v) is 11.4. The minimum Gasteiger partial charge on any atom is -0.175 e. The molecule has 0 aromatic rings. The molecule has 0 saturated heterocycles. The van der Waals surface area contributed by atoms with Crippen LogP contribution in [0.1, 0.15) is 40.5 Å². The molecule has 0 aliphatic heterocycles. The smallest absolute Gasteiger partial charge is 0.0113 e.